The van der Waals surface area contributed by atoms with Gasteiger partial charge in [0.25, 0.3) is 0 Å². The van der Waals surface area contributed by atoms with E-state index in [1.807, 2.05) is 13.8 Å². The third-order valence-electron chi connectivity index (χ3n) is 3.25. The van der Waals surface area contributed by atoms with Crippen molar-refractivity contribution in [2.45, 2.75) is 45.0 Å². The first-order chi connectivity index (χ1) is 9.36. The number of ether oxygens (including phenoxy) is 1. The van der Waals surface area contributed by atoms with E-state index in [1.54, 1.807) is 13.2 Å². The second-order valence-electron chi connectivity index (χ2n) is 4.94. The van der Waals surface area contributed by atoms with Crippen LogP contribution in [0.1, 0.15) is 31.4 Å². The zero-order chi connectivity index (χ0) is 15.2. The number of nitrogens with one attached hydrogen (secondary N) is 1. The predicted octanol–water partition coefficient (Wildman–Crippen LogP) is 3.65. The van der Waals surface area contributed by atoms with E-state index in [-0.39, 0.29) is 12.1 Å². The van der Waals surface area contributed by atoms with Gasteiger partial charge in [-0.15, -0.1) is 0 Å². The van der Waals surface area contributed by atoms with Crippen LogP contribution in [0.4, 0.5) is 13.2 Å². The smallest absolute Gasteiger partial charge is 0.382 e. The van der Waals surface area contributed by atoms with E-state index >= 15 is 0 Å². The van der Waals surface area contributed by atoms with Crippen LogP contribution in [0.5, 0.6) is 0 Å². The number of likely N-dealkylation sites (N-methyl/N-ethyl adjacent to an activating group) is 1. The van der Waals surface area contributed by atoms with Crippen LogP contribution in [0.15, 0.2) is 24.3 Å². The maximum Gasteiger partial charge on any atom is 0.416 e. The van der Waals surface area contributed by atoms with Gasteiger partial charge >= 0.3 is 6.18 Å². The molecule has 1 aromatic carbocycles. The minimum absolute atomic E-state index is 0.0739. The lowest BCUT2D eigenvalue weighted by Crippen LogP contribution is -2.34. The molecule has 0 saturated heterocycles. The van der Waals surface area contributed by atoms with Crippen molar-refractivity contribution in [3.05, 3.63) is 35.4 Å². The molecule has 0 saturated carbocycles. The largest absolute Gasteiger partial charge is 0.416 e. The van der Waals surface area contributed by atoms with Crippen molar-refractivity contribution in [1.29, 1.82) is 0 Å². The summed E-state index contributed by atoms with van der Waals surface area (Å²) in [7, 11) is 1.64. The van der Waals surface area contributed by atoms with Gasteiger partial charge in [-0.2, -0.15) is 13.2 Å². The molecule has 0 aliphatic rings. The topological polar surface area (TPSA) is 21.3 Å². The number of halogens is 3. The molecule has 0 aliphatic heterocycles. The fourth-order valence-electron chi connectivity index (χ4n) is 2.18. The van der Waals surface area contributed by atoms with Gasteiger partial charge in [-0.1, -0.05) is 25.1 Å². The fraction of sp³-hybridized carbons (Fsp3) is 0.600. The molecule has 1 rings (SSSR count). The summed E-state index contributed by atoms with van der Waals surface area (Å²) in [5, 5.41) is 3.29. The summed E-state index contributed by atoms with van der Waals surface area (Å²) in [6.07, 6.45) is -2.89. The number of methoxy groups -OCH3 is 1. The number of hydrogen-bond acceptors (Lipinski definition) is 2. The van der Waals surface area contributed by atoms with Crippen LogP contribution in [0.3, 0.4) is 0 Å². The molecule has 0 bridgehead atoms. The van der Waals surface area contributed by atoms with Crippen molar-refractivity contribution in [3.8, 4) is 0 Å². The van der Waals surface area contributed by atoms with Gasteiger partial charge in [0.2, 0.25) is 0 Å². The maximum absolute atomic E-state index is 12.7. The van der Waals surface area contributed by atoms with Crippen LogP contribution < -0.4 is 5.32 Å². The molecule has 0 heterocycles. The summed E-state index contributed by atoms with van der Waals surface area (Å²) in [5.74, 6) is 0. The van der Waals surface area contributed by atoms with Gasteiger partial charge in [-0.05, 0) is 37.9 Å². The Labute approximate surface area is 118 Å². The molecular formula is C15H22F3NO. The molecule has 0 aliphatic carbocycles. The van der Waals surface area contributed by atoms with E-state index in [1.165, 1.54) is 12.1 Å². The first-order valence-electron chi connectivity index (χ1n) is 6.79. The monoisotopic (exact) mass is 289 g/mol. The summed E-state index contributed by atoms with van der Waals surface area (Å²) in [6.45, 7) is 4.72. The normalized spacial score (nSPS) is 15.1. The van der Waals surface area contributed by atoms with Gasteiger partial charge in [0.1, 0.15) is 0 Å². The number of benzene rings is 1. The summed E-state index contributed by atoms with van der Waals surface area (Å²) in [5.41, 5.74) is 0.0964. The molecule has 0 radical (unpaired) electrons. The maximum atomic E-state index is 12.7. The van der Waals surface area contributed by atoms with Gasteiger partial charge in [0.05, 0.1) is 11.7 Å². The molecule has 2 nitrogen and oxygen atoms in total. The van der Waals surface area contributed by atoms with Gasteiger partial charge in [0.15, 0.2) is 0 Å². The Balaban J connectivity index is 2.77. The minimum atomic E-state index is -4.29. The molecule has 2 unspecified atom stereocenters. The van der Waals surface area contributed by atoms with E-state index in [0.717, 1.165) is 19.0 Å². The van der Waals surface area contributed by atoms with Crippen molar-refractivity contribution in [1.82, 2.24) is 5.32 Å². The Hall–Kier alpha value is -1.07. The molecule has 0 amide bonds. The third-order valence-corrected chi connectivity index (χ3v) is 3.25. The van der Waals surface area contributed by atoms with Crippen LogP contribution in [0, 0.1) is 0 Å². The van der Waals surface area contributed by atoms with Crippen LogP contribution in [-0.4, -0.2) is 25.8 Å². The molecule has 0 fully saturated rings. The SMILES string of the molecule is CCNC(Cc1cccc(C(F)(F)F)c1)CC(C)OC. The summed E-state index contributed by atoms with van der Waals surface area (Å²) >= 11 is 0. The van der Waals surface area contributed by atoms with Gasteiger partial charge < -0.3 is 10.1 Å². The molecule has 1 N–H and O–H groups in total. The average Bonchev–Trinajstić information content (AvgIpc) is 2.38. The average molecular weight is 289 g/mol. The number of hydrogen-bond donors (Lipinski definition) is 1. The van der Waals surface area contributed by atoms with Crippen LogP contribution in [0.25, 0.3) is 0 Å². The summed E-state index contributed by atoms with van der Waals surface area (Å²) in [4.78, 5) is 0. The molecule has 2 atom stereocenters. The van der Waals surface area contributed by atoms with E-state index < -0.39 is 11.7 Å². The molecular weight excluding hydrogens is 267 g/mol. The fourth-order valence-corrected chi connectivity index (χ4v) is 2.18. The van der Waals surface area contributed by atoms with Crippen molar-refractivity contribution in [2.75, 3.05) is 13.7 Å². The van der Waals surface area contributed by atoms with E-state index in [2.05, 4.69) is 5.32 Å². The van der Waals surface area contributed by atoms with Crippen molar-refractivity contribution in [2.24, 2.45) is 0 Å². The predicted molar refractivity (Wildman–Crippen MR) is 73.7 cm³/mol. The number of rotatable bonds is 7. The van der Waals surface area contributed by atoms with E-state index in [9.17, 15) is 13.2 Å². The molecule has 114 valence electrons. The zero-order valence-corrected chi connectivity index (χ0v) is 12.1. The Bertz CT molecular complexity index is 406. The highest BCUT2D eigenvalue weighted by Crippen LogP contribution is 2.29. The lowest BCUT2D eigenvalue weighted by atomic mass is 9.99. The van der Waals surface area contributed by atoms with Crippen LogP contribution in [0.2, 0.25) is 0 Å². The Morgan fingerprint density at radius 3 is 2.55 bits per heavy atom. The molecule has 0 aromatic heterocycles. The standard InChI is InChI=1S/C15H22F3NO/c1-4-19-14(8-11(2)20-3)10-12-6-5-7-13(9-12)15(16,17)18/h5-7,9,11,14,19H,4,8,10H2,1-3H3. The van der Waals surface area contributed by atoms with Crippen molar-refractivity contribution < 1.29 is 17.9 Å². The first-order valence-corrected chi connectivity index (χ1v) is 6.79. The van der Waals surface area contributed by atoms with Crippen molar-refractivity contribution in [3.63, 3.8) is 0 Å². The van der Waals surface area contributed by atoms with Crippen molar-refractivity contribution >= 4 is 0 Å². The lowest BCUT2D eigenvalue weighted by Gasteiger charge is -2.21. The van der Waals surface area contributed by atoms with Crippen LogP contribution >= 0.6 is 0 Å². The summed E-state index contributed by atoms with van der Waals surface area (Å²) in [6, 6.07) is 5.63. The Morgan fingerprint density at radius 1 is 1.30 bits per heavy atom. The highest BCUT2D eigenvalue weighted by molar-refractivity contribution is 5.26. The zero-order valence-electron chi connectivity index (χ0n) is 12.1. The molecule has 20 heavy (non-hydrogen) atoms. The Morgan fingerprint density at radius 2 is 2.00 bits per heavy atom. The highest BCUT2D eigenvalue weighted by atomic mass is 19.4. The minimum Gasteiger partial charge on any atom is -0.382 e. The quantitative estimate of drug-likeness (QED) is 0.827. The molecule has 1 aromatic rings. The van der Waals surface area contributed by atoms with Crippen LogP contribution in [-0.2, 0) is 17.3 Å². The Kier molecular flexibility index (Phi) is 6.49. The van der Waals surface area contributed by atoms with E-state index in [0.29, 0.717) is 12.0 Å². The number of alkyl halides is 3. The second-order valence-corrected chi connectivity index (χ2v) is 4.94. The van der Waals surface area contributed by atoms with E-state index in [4.69, 9.17) is 4.74 Å². The van der Waals surface area contributed by atoms with Gasteiger partial charge in [-0.25, -0.2) is 0 Å². The lowest BCUT2D eigenvalue weighted by molar-refractivity contribution is -0.137. The highest BCUT2D eigenvalue weighted by Gasteiger charge is 2.30. The molecule has 5 heteroatoms. The third kappa shape index (κ3) is 5.51. The first kappa shape index (κ1) is 17.0. The molecule has 0 spiro atoms. The van der Waals surface area contributed by atoms with Gasteiger partial charge in [-0.3, -0.25) is 0 Å². The summed E-state index contributed by atoms with van der Waals surface area (Å²) < 4.78 is 43.3. The van der Waals surface area contributed by atoms with Gasteiger partial charge in [0, 0.05) is 13.2 Å². The second kappa shape index (κ2) is 7.64.